The van der Waals surface area contributed by atoms with Crippen molar-refractivity contribution in [3.63, 3.8) is 0 Å². The van der Waals surface area contributed by atoms with E-state index < -0.39 is 11.6 Å². The molecule has 0 aliphatic rings. The fourth-order valence-corrected chi connectivity index (χ4v) is 1.88. The fraction of sp³-hybridized carbons (Fsp3) is 0.818. The first-order valence-corrected chi connectivity index (χ1v) is 6.21. The average Bonchev–Trinajstić information content (AvgIpc) is 2.50. The molecule has 92 valence electrons. The van der Waals surface area contributed by atoms with Crippen LogP contribution in [-0.4, -0.2) is 26.1 Å². The van der Waals surface area contributed by atoms with Crippen molar-refractivity contribution in [1.82, 2.24) is 9.36 Å². The molecule has 1 rings (SSSR count). The van der Waals surface area contributed by atoms with Gasteiger partial charge < -0.3 is 10.4 Å². The molecule has 0 aliphatic heterocycles. The summed E-state index contributed by atoms with van der Waals surface area (Å²) in [5.41, 5.74) is -0.430. The van der Waals surface area contributed by atoms with E-state index in [0.717, 1.165) is 11.0 Å². The molecule has 0 bridgehead atoms. The number of anilines is 1. The number of hydrogen-bond donors (Lipinski definition) is 2. The van der Waals surface area contributed by atoms with Crippen LogP contribution in [0, 0.1) is 0 Å². The molecule has 0 aliphatic carbocycles. The molecular weight excluding hydrogens is 222 g/mol. The summed E-state index contributed by atoms with van der Waals surface area (Å²) in [5, 5.41) is 13.6. The predicted octanol–water partition coefficient (Wildman–Crippen LogP) is 2.41. The molecule has 2 N–H and O–H groups in total. The van der Waals surface area contributed by atoms with Crippen molar-refractivity contribution in [3.8, 4) is 0 Å². The lowest BCUT2D eigenvalue weighted by Gasteiger charge is -2.28. The normalized spacial score (nSPS) is 14.9. The molecule has 16 heavy (non-hydrogen) atoms. The minimum atomic E-state index is -0.450. The van der Waals surface area contributed by atoms with Gasteiger partial charge in [0.05, 0.1) is 11.6 Å². The van der Waals surface area contributed by atoms with Gasteiger partial charge in [-0.1, -0.05) is 20.8 Å². The zero-order valence-corrected chi connectivity index (χ0v) is 11.6. The van der Waals surface area contributed by atoms with Gasteiger partial charge in [0.15, 0.2) is 0 Å². The van der Waals surface area contributed by atoms with Gasteiger partial charge in [-0.05, 0) is 20.8 Å². The first-order chi connectivity index (χ1) is 7.13. The van der Waals surface area contributed by atoms with Gasteiger partial charge in [0.2, 0.25) is 5.13 Å². The van der Waals surface area contributed by atoms with Crippen molar-refractivity contribution >= 4 is 16.7 Å². The smallest absolute Gasteiger partial charge is 0.203 e. The Bertz CT molecular complexity index is 352. The summed E-state index contributed by atoms with van der Waals surface area (Å²) in [4.78, 5) is 4.43. The lowest BCUT2D eigenvalue weighted by atomic mass is 9.96. The van der Waals surface area contributed by atoms with E-state index in [1.807, 2.05) is 13.8 Å². The van der Waals surface area contributed by atoms with Gasteiger partial charge in [-0.15, -0.1) is 0 Å². The van der Waals surface area contributed by atoms with E-state index in [-0.39, 0.29) is 5.41 Å². The second kappa shape index (κ2) is 4.30. The van der Waals surface area contributed by atoms with Crippen molar-refractivity contribution in [2.24, 2.45) is 0 Å². The van der Waals surface area contributed by atoms with Crippen molar-refractivity contribution in [2.75, 3.05) is 5.32 Å². The van der Waals surface area contributed by atoms with E-state index in [9.17, 15) is 5.11 Å². The third-order valence-corrected chi connectivity index (χ3v) is 3.20. The maximum absolute atomic E-state index is 9.60. The van der Waals surface area contributed by atoms with Gasteiger partial charge >= 0.3 is 0 Å². The highest BCUT2D eigenvalue weighted by Crippen LogP contribution is 2.25. The summed E-state index contributed by atoms with van der Waals surface area (Å²) in [6.07, 6.45) is -0.450. The van der Waals surface area contributed by atoms with Crippen LogP contribution in [0.1, 0.15) is 47.4 Å². The number of rotatable bonds is 3. The molecule has 1 aromatic rings. The van der Waals surface area contributed by atoms with Crippen molar-refractivity contribution in [1.29, 1.82) is 0 Å². The summed E-state index contributed by atoms with van der Waals surface area (Å²) in [6.45, 7) is 11.9. The molecule has 0 spiro atoms. The summed E-state index contributed by atoms with van der Waals surface area (Å²) in [7, 11) is 0. The second-order valence-electron chi connectivity index (χ2n) is 5.70. The number of nitrogens with one attached hydrogen (secondary N) is 1. The molecule has 0 saturated carbocycles. The molecule has 1 atom stereocenters. The fourth-order valence-electron chi connectivity index (χ4n) is 0.959. The van der Waals surface area contributed by atoms with Crippen LogP contribution in [0.3, 0.4) is 0 Å². The van der Waals surface area contributed by atoms with E-state index in [4.69, 9.17) is 0 Å². The van der Waals surface area contributed by atoms with Crippen molar-refractivity contribution in [2.45, 2.75) is 58.6 Å². The molecule has 1 unspecified atom stereocenters. The van der Waals surface area contributed by atoms with Crippen LogP contribution in [0.25, 0.3) is 0 Å². The first kappa shape index (κ1) is 13.4. The number of aliphatic hydroxyl groups is 1. The molecule has 1 heterocycles. The Morgan fingerprint density at radius 1 is 1.25 bits per heavy atom. The third kappa shape index (κ3) is 3.15. The third-order valence-electron chi connectivity index (χ3n) is 2.57. The Hall–Kier alpha value is -0.680. The topological polar surface area (TPSA) is 58.0 Å². The minimum absolute atomic E-state index is 0.0363. The number of aromatic nitrogens is 2. The van der Waals surface area contributed by atoms with E-state index in [1.54, 1.807) is 6.92 Å². The van der Waals surface area contributed by atoms with Gasteiger partial charge in [-0.3, -0.25) is 0 Å². The quantitative estimate of drug-likeness (QED) is 0.856. The van der Waals surface area contributed by atoms with Crippen molar-refractivity contribution in [3.05, 3.63) is 5.82 Å². The second-order valence-corrected chi connectivity index (χ2v) is 6.45. The maximum Gasteiger partial charge on any atom is 0.203 e. The van der Waals surface area contributed by atoms with Gasteiger partial charge in [0.1, 0.15) is 5.82 Å². The molecule has 0 fully saturated rings. The molecular formula is C11H21N3OS. The maximum atomic E-state index is 9.60. The number of hydrogen-bond acceptors (Lipinski definition) is 5. The van der Waals surface area contributed by atoms with Gasteiger partial charge in [-0.25, -0.2) is 4.98 Å². The molecule has 4 nitrogen and oxygen atoms in total. The Kier molecular flexibility index (Phi) is 3.59. The first-order valence-electron chi connectivity index (χ1n) is 5.43. The summed E-state index contributed by atoms with van der Waals surface area (Å²) >= 11 is 1.34. The summed E-state index contributed by atoms with van der Waals surface area (Å²) in [6, 6.07) is 0. The van der Waals surface area contributed by atoms with E-state index >= 15 is 0 Å². The van der Waals surface area contributed by atoms with Crippen LogP contribution < -0.4 is 5.32 Å². The lowest BCUT2D eigenvalue weighted by molar-refractivity contribution is 0.133. The highest BCUT2D eigenvalue weighted by molar-refractivity contribution is 7.09. The largest absolute Gasteiger partial charge is 0.391 e. The van der Waals surface area contributed by atoms with Crippen LogP contribution in [-0.2, 0) is 5.41 Å². The lowest BCUT2D eigenvalue weighted by Crippen LogP contribution is -2.41. The van der Waals surface area contributed by atoms with Crippen LogP contribution in [0.2, 0.25) is 0 Å². The number of nitrogens with zero attached hydrogens (tertiary/aromatic N) is 2. The minimum Gasteiger partial charge on any atom is -0.391 e. The van der Waals surface area contributed by atoms with Crippen LogP contribution >= 0.6 is 11.5 Å². The van der Waals surface area contributed by atoms with Crippen molar-refractivity contribution < 1.29 is 5.11 Å². The van der Waals surface area contributed by atoms with Crippen LogP contribution in [0.15, 0.2) is 0 Å². The average molecular weight is 243 g/mol. The zero-order valence-electron chi connectivity index (χ0n) is 10.8. The molecule has 5 heteroatoms. The van der Waals surface area contributed by atoms with Crippen LogP contribution in [0.5, 0.6) is 0 Å². The Balaban J connectivity index is 2.81. The highest BCUT2D eigenvalue weighted by atomic mass is 32.1. The molecule has 1 aromatic heterocycles. The SMILES string of the molecule is CC(O)C(C)(C)Nc1nc(C(C)(C)C)ns1. The molecule has 0 aromatic carbocycles. The predicted molar refractivity (Wildman–Crippen MR) is 68.0 cm³/mol. The van der Waals surface area contributed by atoms with Gasteiger partial charge in [-0.2, -0.15) is 4.37 Å². The van der Waals surface area contributed by atoms with E-state index in [0.29, 0.717) is 0 Å². The Morgan fingerprint density at radius 3 is 2.19 bits per heavy atom. The molecule has 0 amide bonds. The zero-order chi connectivity index (χ0) is 12.6. The Labute approximate surface area is 101 Å². The standard InChI is InChI=1S/C11H21N3OS/c1-7(15)11(5,6)13-9-12-8(14-16-9)10(2,3)4/h7,15H,1-6H3,(H,12,13,14). The van der Waals surface area contributed by atoms with E-state index in [2.05, 4.69) is 35.4 Å². The number of aliphatic hydroxyl groups excluding tert-OH is 1. The Morgan fingerprint density at radius 2 is 1.81 bits per heavy atom. The van der Waals surface area contributed by atoms with E-state index in [1.165, 1.54) is 11.5 Å². The molecule has 0 saturated heterocycles. The van der Waals surface area contributed by atoms with Gasteiger partial charge in [0.25, 0.3) is 0 Å². The van der Waals surface area contributed by atoms with Crippen LogP contribution in [0.4, 0.5) is 5.13 Å². The molecule has 0 radical (unpaired) electrons. The summed E-state index contributed by atoms with van der Waals surface area (Å²) < 4.78 is 4.32. The monoisotopic (exact) mass is 243 g/mol. The highest BCUT2D eigenvalue weighted by Gasteiger charge is 2.26. The summed E-state index contributed by atoms with van der Waals surface area (Å²) in [5.74, 6) is 0.835. The van der Waals surface area contributed by atoms with Gasteiger partial charge in [0, 0.05) is 16.9 Å².